The first kappa shape index (κ1) is 7.80. The second-order valence-corrected chi connectivity index (χ2v) is 2.45. The van der Waals surface area contributed by atoms with Crippen molar-refractivity contribution in [3.63, 3.8) is 0 Å². The molecular formula is C8H11N3. The fraction of sp³-hybridized carbons (Fsp3) is 0.500. The summed E-state index contributed by atoms with van der Waals surface area (Å²) in [6.07, 6.45) is 3.23. The third-order valence-corrected chi connectivity index (χ3v) is 1.60. The Kier molecular flexibility index (Phi) is 2.27. The van der Waals surface area contributed by atoms with Gasteiger partial charge in [0.1, 0.15) is 5.82 Å². The van der Waals surface area contributed by atoms with Crippen LogP contribution in [0.5, 0.6) is 0 Å². The van der Waals surface area contributed by atoms with Gasteiger partial charge in [0.2, 0.25) is 0 Å². The molecule has 3 nitrogen and oxygen atoms in total. The lowest BCUT2D eigenvalue weighted by atomic mass is 10.4. The van der Waals surface area contributed by atoms with E-state index in [1.807, 2.05) is 17.8 Å². The molecule has 0 unspecified atom stereocenters. The molecule has 1 rings (SSSR count). The number of imidazole rings is 1. The van der Waals surface area contributed by atoms with Crippen LogP contribution in [0.3, 0.4) is 0 Å². The molecular weight excluding hydrogens is 138 g/mol. The van der Waals surface area contributed by atoms with E-state index in [2.05, 4.69) is 18.0 Å². The van der Waals surface area contributed by atoms with E-state index in [0.717, 1.165) is 17.9 Å². The van der Waals surface area contributed by atoms with Crippen LogP contribution < -0.4 is 0 Å². The van der Waals surface area contributed by atoms with Gasteiger partial charge >= 0.3 is 0 Å². The van der Waals surface area contributed by atoms with Crippen molar-refractivity contribution in [1.29, 1.82) is 5.26 Å². The average Bonchev–Trinajstić information content (AvgIpc) is 2.32. The van der Waals surface area contributed by atoms with Crippen molar-refractivity contribution in [2.75, 3.05) is 0 Å². The fourth-order valence-electron chi connectivity index (χ4n) is 1.07. The van der Waals surface area contributed by atoms with Crippen LogP contribution in [0, 0.1) is 11.3 Å². The van der Waals surface area contributed by atoms with Gasteiger partial charge in [-0.25, -0.2) is 4.98 Å². The third kappa shape index (κ3) is 1.58. The van der Waals surface area contributed by atoms with Gasteiger partial charge in [-0.2, -0.15) is 5.26 Å². The maximum absolute atomic E-state index is 8.39. The Morgan fingerprint density at radius 2 is 2.45 bits per heavy atom. The van der Waals surface area contributed by atoms with Crippen LogP contribution in [0.4, 0.5) is 0 Å². The summed E-state index contributed by atoms with van der Waals surface area (Å²) < 4.78 is 1.96. The first-order valence-electron chi connectivity index (χ1n) is 3.66. The van der Waals surface area contributed by atoms with E-state index >= 15 is 0 Å². The average molecular weight is 149 g/mol. The molecule has 0 aliphatic rings. The summed E-state index contributed by atoms with van der Waals surface area (Å²) in [6.45, 7) is 2.05. The Bertz CT molecular complexity index is 280. The van der Waals surface area contributed by atoms with Crippen LogP contribution in [-0.4, -0.2) is 9.55 Å². The standard InChI is InChI=1S/C8H11N3/c1-3-8-10-7(4-5-9)6-11(8)2/h6H,3-4H2,1-2H3. The summed E-state index contributed by atoms with van der Waals surface area (Å²) in [4.78, 5) is 4.26. The highest BCUT2D eigenvalue weighted by molar-refractivity contribution is 5.07. The summed E-state index contributed by atoms with van der Waals surface area (Å²) in [6, 6.07) is 2.07. The maximum Gasteiger partial charge on any atom is 0.108 e. The molecule has 1 aromatic heterocycles. The van der Waals surface area contributed by atoms with Crippen LogP contribution >= 0.6 is 0 Å². The lowest BCUT2D eigenvalue weighted by molar-refractivity contribution is 0.807. The molecule has 1 aromatic rings. The number of hydrogen-bond donors (Lipinski definition) is 0. The first-order chi connectivity index (χ1) is 5.27. The number of hydrogen-bond acceptors (Lipinski definition) is 2. The molecule has 0 fully saturated rings. The fourth-order valence-corrected chi connectivity index (χ4v) is 1.07. The normalized spacial score (nSPS) is 9.55. The minimum Gasteiger partial charge on any atom is -0.338 e. The smallest absolute Gasteiger partial charge is 0.108 e. The molecule has 0 spiro atoms. The van der Waals surface area contributed by atoms with Gasteiger partial charge in [0.05, 0.1) is 18.2 Å². The molecule has 1 heterocycles. The van der Waals surface area contributed by atoms with E-state index < -0.39 is 0 Å². The second-order valence-electron chi connectivity index (χ2n) is 2.45. The van der Waals surface area contributed by atoms with Gasteiger partial charge in [-0.3, -0.25) is 0 Å². The van der Waals surface area contributed by atoms with E-state index in [1.54, 1.807) is 0 Å². The zero-order valence-electron chi connectivity index (χ0n) is 6.83. The molecule has 11 heavy (non-hydrogen) atoms. The first-order valence-corrected chi connectivity index (χ1v) is 3.66. The van der Waals surface area contributed by atoms with Gasteiger partial charge in [0, 0.05) is 19.7 Å². The van der Waals surface area contributed by atoms with Gasteiger partial charge in [-0.1, -0.05) is 6.92 Å². The van der Waals surface area contributed by atoms with Crippen LogP contribution in [-0.2, 0) is 19.9 Å². The molecule has 0 bridgehead atoms. The topological polar surface area (TPSA) is 41.6 Å². The predicted octanol–water partition coefficient (Wildman–Crippen LogP) is 1.05. The Hall–Kier alpha value is -1.30. The molecule has 3 heteroatoms. The van der Waals surface area contributed by atoms with Crippen molar-refractivity contribution in [1.82, 2.24) is 9.55 Å². The molecule has 0 aromatic carbocycles. The third-order valence-electron chi connectivity index (χ3n) is 1.60. The molecule has 0 N–H and O–H groups in total. The number of nitrogens with zero attached hydrogens (tertiary/aromatic N) is 3. The van der Waals surface area contributed by atoms with Crippen LogP contribution in [0.15, 0.2) is 6.20 Å². The van der Waals surface area contributed by atoms with Crippen LogP contribution in [0.1, 0.15) is 18.4 Å². The van der Waals surface area contributed by atoms with Crippen molar-refractivity contribution >= 4 is 0 Å². The van der Waals surface area contributed by atoms with Crippen molar-refractivity contribution < 1.29 is 0 Å². The largest absolute Gasteiger partial charge is 0.338 e. The minimum absolute atomic E-state index is 0.411. The second kappa shape index (κ2) is 3.20. The summed E-state index contributed by atoms with van der Waals surface area (Å²) >= 11 is 0. The highest BCUT2D eigenvalue weighted by Gasteiger charge is 2.01. The van der Waals surface area contributed by atoms with Crippen LogP contribution in [0.25, 0.3) is 0 Å². The molecule has 0 aliphatic carbocycles. The predicted molar refractivity (Wildman–Crippen MR) is 41.9 cm³/mol. The Balaban J connectivity index is 2.88. The van der Waals surface area contributed by atoms with E-state index in [1.165, 1.54) is 0 Å². The highest BCUT2D eigenvalue weighted by atomic mass is 15.0. The van der Waals surface area contributed by atoms with Crippen molar-refractivity contribution in [3.05, 3.63) is 17.7 Å². The zero-order chi connectivity index (χ0) is 8.27. The minimum atomic E-state index is 0.411. The molecule has 0 radical (unpaired) electrons. The van der Waals surface area contributed by atoms with E-state index in [0.29, 0.717) is 6.42 Å². The van der Waals surface area contributed by atoms with E-state index in [9.17, 15) is 0 Å². The molecule has 0 saturated carbocycles. The number of rotatable bonds is 2. The van der Waals surface area contributed by atoms with Crippen molar-refractivity contribution in [2.24, 2.45) is 7.05 Å². The number of aryl methyl sites for hydroxylation is 2. The van der Waals surface area contributed by atoms with E-state index in [4.69, 9.17) is 5.26 Å². The van der Waals surface area contributed by atoms with Crippen LogP contribution in [0.2, 0.25) is 0 Å². The Morgan fingerprint density at radius 3 is 2.91 bits per heavy atom. The van der Waals surface area contributed by atoms with Gasteiger partial charge in [-0.15, -0.1) is 0 Å². The van der Waals surface area contributed by atoms with Gasteiger partial charge in [0.15, 0.2) is 0 Å². The highest BCUT2D eigenvalue weighted by Crippen LogP contribution is 2.01. The molecule has 0 amide bonds. The zero-order valence-corrected chi connectivity index (χ0v) is 6.83. The Morgan fingerprint density at radius 1 is 1.73 bits per heavy atom. The van der Waals surface area contributed by atoms with E-state index in [-0.39, 0.29) is 0 Å². The maximum atomic E-state index is 8.39. The summed E-state index contributed by atoms with van der Waals surface area (Å²) in [5, 5.41) is 8.39. The lowest BCUT2D eigenvalue weighted by Gasteiger charge is -1.92. The monoisotopic (exact) mass is 149 g/mol. The number of nitriles is 1. The van der Waals surface area contributed by atoms with Gasteiger partial charge < -0.3 is 4.57 Å². The van der Waals surface area contributed by atoms with Crippen molar-refractivity contribution in [2.45, 2.75) is 19.8 Å². The Labute approximate surface area is 66.3 Å². The molecule has 0 aliphatic heterocycles. The lowest BCUT2D eigenvalue weighted by Crippen LogP contribution is -1.93. The quantitative estimate of drug-likeness (QED) is 0.630. The van der Waals surface area contributed by atoms with Crippen molar-refractivity contribution in [3.8, 4) is 6.07 Å². The SMILES string of the molecule is CCc1nc(CC#N)cn1C. The summed E-state index contributed by atoms with van der Waals surface area (Å²) in [7, 11) is 1.95. The summed E-state index contributed by atoms with van der Waals surface area (Å²) in [5.74, 6) is 1.04. The molecule has 0 saturated heterocycles. The number of aromatic nitrogens is 2. The molecule has 58 valence electrons. The molecule has 0 atom stereocenters. The van der Waals surface area contributed by atoms with Gasteiger partial charge in [-0.05, 0) is 0 Å². The summed E-state index contributed by atoms with van der Waals surface area (Å²) in [5.41, 5.74) is 0.867. The van der Waals surface area contributed by atoms with Gasteiger partial charge in [0.25, 0.3) is 0 Å².